The Bertz CT molecular complexity index is 528. The second-order valence-electron chi connectivity index (χ2n) is 3.44. The lowest BCUT2D eigenvalue weighted by molar-refractivity contribution is 0.208. The van der Waals surface area contributed by atoms with E-state index in [0.29, 0.717) is 4.47 Å². The molecule has 1 aromatic heterocycles. The molecule has 0 spiro atoms. The molecule has 0 saturated carbocycles. The van der Waals surface area contributed by atoms with Crippen molar-refractivity contribution in [3.05, 3.63) is 63.9 Å². The standard InChI is InChI=1S/C12H8BrF2NO/c13-8-2-1-3-9(14)11(8)12(17)7-4-5-16-6-10(7)15/h1-6,12,17H. The van der Waals surface area contributed by atoms with E-state index in [1.807, 2.05) is 0 Å². The number of halogens is 3. The number of hydrogen-bond acceptors (Lipinski definition) is 2. The molecule has 88 valence electrons. The van der Waals surface area contributed by atoms with E-state index in [1.54, 1.807) is 6.07 Å². The van der Waals surface area contributed by atoms with Crippen LogP contribution in [-0.2, 0) is 0 Å². The highest BCUT2D eigenvalue weighted by molar-refractivity contribution is 9.10. The van der Waals surface area contributed by atoms with Crippen LogP contribution < -0.4 is 0 Å². The summed E-state index contributed by atoms with van der Waals surface area (Å²) in [5.41, 5.74) is 0.00315. The third-order valence-electron chi connectivity index (χ3n) is 2.37. The zero-order valence-corrected chi connectivity index (χ0v) is 10.2. The van der Waals surface area contributed by atoms with Gasteiger partial charge < -0.3 is 5.11 Å². The maximum atomic E-state index is 13.6. The lowest BCUT2D eigenvalue weighted by Gasteiger charge is -2.14. The van der Waals surface area contributed by atoms with Crippen LogP contribution in [0.4, 0.5) is 8.78 Å². The Balaban J connectivity index is 2.51. The molecule has 1 atom stereocenters. The van der Waals surface area contributed by atoms with Crippen LogP contribution in [-0.4, -0.2) is 10.1 Å². The fraction of sp³-hybridized carbons (Fsp3) is 0.0833. The summed E-state index contributed by atoms with van der Waals surface area (Å²) in [7, 11) is 0. The second-order valence-corrected chi connectivity index (χ2v) is 4.29. The average Bonchev–Trinajstić information content (AvgIpc) is 2.29. The highest BCUT2D eigenvalue weighted by atomic mass is 79.9. The van der Waals surface area contributed by atoms with Crippen molar-refractivity contribution in [1.29, 1.82) is 0 Å². The molecular weight excluding hydrogens is 292 g/mol. The molecule has 0 saturated heterocycles. The number of hydrogen-bond donors (Lipinski definition) is 1. The van der Waals surface area contributed by atoms with Crippen molar-refractivity contribution >= 4 is 15.9 Å². The molecule has 1 N–H and O–H groups in total. The normalized spacial score (nSPS) is 12.5. The summed E-state index contributed by atoms with van der Waals surface area (Å²) in [6, 6.07) is 5.61. The van der Waals surface area contributed by atoms with Gasteiger partial charge in [-0.1, -0.05) is 22.0 Å². The van der Waals surface area contributed by atoms with Crippen LogP contribution >= 0.6 is 15.9 Å². The fourth-order valence-electron chi connectivity index (χ4n) is 1.54. The quantitative estimate of drug-likeness (QED) is 0.924. The van der Waals surface area contributed by atoms with E-state index < -0.39 is 17.7 Å². The van der Waals surface area contributed by atoms with Crippen molar-refractivity contribution in [3.63, 3.8) is 0 Å². The smallest absolute Gasteiger partial charge is 0.147 e. The molecule has 2 nitrogen and oxygen atoms in total. The van der Waals surface area contributed by atoms with Crippen molar-refractivity contribution in [2.24, 2.45) is 0 Å². The van der Waals surface area contributed by atoms with Gasteiger partial charge in [0.05, 0.1) is 6.20 Å². The van der Waals surface area contributed by atoms with Gasteiger partial charge in [-0.15, -0.1) is 0 Å². The molecule has 0 bridgehead atoms. The van der Waals surface area contributed by atoms with E-state index >= 15 is 0 Å². The van der Waals surface area contributed by atoms with E-state index in [-0.39, 0.29) is 11.1 Å². The van der Waals surface area contributed by atoms with E-state index in [2.05, 4.69) is 20.9 Å². The molecule has 1 aromatic carbocycles. The second kappa shape index (κ2) is 4.89. The first-order valence-electron chi connectivity index (χ1n) is 4.82. The molecule has 1 heterocycles. The minimum absolute atomic E-state index is 0.00852. The molecule has 0 aliphatic heterocycles. The van der Waals surface area contributed by atoms with Crippen molar-refractivity contribution in [3.8, 4) is 0 Å². The SMILES string of the molecule is OC(c1ccncc1F)c1c(F)cccc1Br. The van der Waals surface area contributed by atoms with Crippen molar-refractivity contribution in [2.75, 3.05) is 0 Å². The van der Waals surface area contributed by atoms with Crippen LogP contribution in [0.1, 0.15) is 17.2 Å². The van der Waals surface area contributed by atoms with E-state index in [0.717, 1.165) is 6.20 Å². The van der Waals surface area contributed by atoms with Gasteiger partial charge in [0, 0.05) is 21.8 Å². The third-order valence-corrected chi connectivity index (χ3v) is 3.06. The van der Waals surface area contributed by atoms with Crippen LogP contribution in [0.15, 0.2) is 41.1 Å². The number of aliphatic hydroxyl groups is 1. The predicted molar refractivity (Wildman–Crippen MR) is 62.4 cm³/mol. The van der Waals surface area contributed by atoms with Gasteiger partial charge in [0.25, 0.3) is 0 Å². The number of benzene rings is 1. The fourth-order valence-corrected chi connectivity index (χ4v) is 2.09. The van der Waals surface area contributed by atoms with Crippen LogP contribution in [0.5, 0.6) is 0 Å². The van der Waals surface area contributed by atoms with Gasteiger partial charge in [0.1, 0.15) is 17.7 Å². The Morgan fingerprint density at radius 1 is 1.18 bits per heavy atom. The lowest BCUT2D eigenvalue weighted by Crippen LogP contribution is -2.06. The number of nitrogens with zero attached hydrogens (tertiary/aromatic N) is 1. The molecule has 0 fully saturated rings. The topological polar surface area (TPSA) is 33.1 Å². The van der Waals surface area contributed by atoms with Crippen LogP contribution in [0.25, 0.3) is 0 Å². The molecule has 0 aliphatic rings. The molecule has 0 radical (unpaired) electrons. The molecule has 17 heavy (non-hydrogen) atoms. The highest BCUT2D eigenvalue weighted by Gasteiger charge is 2.20. The van der Waals surface area contributed by atoms with Crippen LogP contribution in [0.2, 0.25) is 0 Å². The van der Waals surface area contributed by atoms with Gasteiger partial charge in [0.15, 0.2) is 0 Å². The summed E-state index contributed by atoms with van der Waals surface area (Å²) in [6.07, 6.45) is 0.956. The molecular formula is C12H8BrF2NO. The first-order chi connectivity index (χ1) is 8.11. The summed E-state index contributed by atoms with van der Waals surface area (Å²) in [6.45, 7) is 0. The van der Waals surface area contributed by atoms with E-state index in [1.165, 1.54) is 24.4 Å². The molecule has 2 rings (SSSR count). The number of aromatic nitrogens is 1. The first kappa shape index (κ1) is 12.1. The van der Waals surface area contributed by atoms with Crippen molar-refractivity contribution < 1.29 is 13.9 Å². The van der Waals surface area contributed by atoms with Crippen molar-refractivity contribution in [2.45, 2.75) is 6.10 Å². The Kier molecular flexibility index (Phi) is 3.49. The van der Waals surface area contributed by atoms with Gasteiger partial charge in [-0.05, 0) is 18.2 Å². The van der Waals surface area contributed by atoms with E-state index in [4.69, 9.17) is 0 Å². The van der Waals surface area contributed by atoms with Gasteiger partial charge in [-0.2, -0.15) is 0 Å². The molecule has 5 heteroatoms. The van der Waals surface area contributed by atoms with Crippen molar-refractivity contribution in [1.82, 2.24) is 4.98 Å². The maximum Gasteiger partial charge on any atom is 0.147 e. The Morgan fingerprint density at radius 2 is 1.94 bits per heavy atom. The Hall–Kier alpha value is -1.33. The third kappa shape index (κ3) is 2.35. The predicted octanol–water partition coefficient (Wildman–Crippen LogP) is 3.20. The summed E-state index contributed by atoms with van der Waals surface area (Å²) < 4.78 is 27.4. The zero-order valence-electron chi connectivity index (χ0n) is 8.57. The highest BCUT2D eigenvalue weighted by Crippen LogP contribution is 2.31. The van der Waals surface area contributed by atoms with Gasteiger partial charge in [-0.3, -0.25) is 4.98 Å². The largest absolute Gasteiger partial charge is 0.383 e. The van der Waals surface area contributed by atoms with E-state index in [9.17, 15) is 13.9 Å². The number of rotatable bonds is 2. The summed E-state index contributed by atoms with van der Waals surface area (Å²) >= 11 is 3.13. The van der Waals surface area contributed by atoms with Gasteiger partial charge >= 0.3 is 0 Å². The summed E-state index contributed by atoms with van der Waals surface area (Å²) in [4.78, 5) is 3.57. The van der Waals surface area contributed by atoms with Crippen LogP contribution in [0.3, 0.4) is 0 Å². The number of aliphatic hydroxyl groups excluding tert-OH is 1. The first-order valence-corrected chi connectivity index (χ1v) is 5.62. The number of pyridine rings is 1. The average molecular weight is 300 g/mol. The lowest BCUT2D eigenvalue weighted by atomic mass is 10.0. The zero-order chi connectivity index (χ0) is 12.4. The monoisotopic (exact) mass is 299 g/mol. The molecule has 1 unspecified atom stereocenters. The Labute approximate surface area is 105 Å². The molecule has 0 aliphatic carbocycles. The van der Waals surface area contributed by atoms with Gasteiger partial charge in [-0.25, -0.2) is 8.78 Å². The Morgan fingerprint density at radius 3 is 2.59 bits per heavy atom. The van der Waals surface area contributed by atoms with Gasteiger partial charge in [0.2, 0.25) is 0 Å². The molecule has 0 amide bonds. The molecule has 2 aromatic rings. The minimum Gasteiger partial charge on any atom is -0.383 e. The maximum absolute atomic E-state index is 13.6. The summed E-state index contributed by atoms with van der Waals surface area (Å²) in [5.74, 6) is -1.27. The summed E-state index contributed by atoms with van der Waals surface area (Å²) in [5, 5.41) is 10.00. The minimum atomic E-state index is -1.37. The van der Waals surface area contributed by atoms with Crippen LogP contribution in [0, 0.1) is 11.6 Å².